The van der Waals surface area contributed by atoms with E-state index >= 15 is 0 Å². The second-order valence-electron chi connectivity index (χ2n) is 3.55. The smallest absolute Gasteiger partial charge is 0.319 e. The molecule has 1 aromatic carbocycles. The molecule has 0 aromatic heterocycles. The number of nitrogens with one attached hydrogen (secondary N) is 2. The molecule has 0 aliphatic carbocycles. The summed E-state index contributed by atoms with van der Waals surface area (Å²) < 4.78 is 13.5. The molecule has 1 rings (SSSR count). The fraction of sp³-hybridized carbons (Fsp3) is 0.417. The molecular formula is C12H17FN2O. The lowest BCUT2D eigenvalue weighted by atomic mass is 10.1. The van der Waals surface area contributed by atoms with Gasteiger partial charge in [0, 0.05) is 6.54 Å². The van der Waals surface area contributed by atoms with Crippen LogP contribution in [0.2, 0.25) is 0 Å². The van der Waals surface area contributed by atoms with E-state index in [9.17, 15) is 9.18 Å². The molecule has 0 fully saturated rings. The topological polar surface area (TPSA) is 41.1 Å². The standard InChI is InChI=1S/C12H17FN2O/c1-3-7-14-12(16)15-11-6-5-9(4-2)8-10(11)13/h5-6,8H,3-4,7H2,1-2H3,(H2,14,15,16). The van der Waals surface area contributed by atoms with E-state index in [4.69, 9.17) is 0 Å². The molecule has 0 unspecified atom stereocenters. The minimum atomic E-state index is -0.397. The lowest BCUT2D eigenvalue weighted by Gasteiger charge is -2.08. The van der Waals surface area contributed by atoms with E-state index in [0.29, 0.717) is 6.54 Å². The Morgan fingerprint density at radius 3 is 2.69 bits per heavy atom. The number of aryl methyl sites for hydroxylation is 1. The highest BCUT2D eigenvalue weighted by Crippen LogP contribution is 2.15. The van der Waals surface area contributed by atoms with Gasteiger partial charge in [-0.25, -0.2) is 9.18 Å². The normalized spacial score (nSPS) is 9.94. The van der Waals surface area contributed by atoms with Gasteiger partial charge in [-0.15, -0.1) is 0 Å². The maximum absolute atomic E-state index is 13.5. The molecule has 0 heterocycles. The largest absolute Gasteiger partial charge is 0.338 e. The van der Waals surface area contributed by atoms with E-state index in [-0.39, 0.29) is 11.7 Å². The van der Waals surface area contributed by atoms with Crippen molar-refractivity contribution < 1.29 is 9.18 Å². The van der Waals surface area contributed by atoms with Gasteiger partial charge in [0.15, 0.2) is 0 Å². The summed E-state index contributed by atoms with van der Waals surface area (Å²) in [5.41, 5.74) is 1.13. The zero-order chi connectivity index (χ0) is 12.0. The average Bonchev–Trinajstić information content (AvgIpc) is 2.29. The van der Waals surface area contributed by atoms with Crippen LogP contribution in [0.25, 0.3) is 0 Å². The van der Waals surface area contributed by atoms with E-state index in [0.717, 1.165) is 18.4 Å². The van der Waals surface area contributed by atoms with Crippen LogP contribution in [0, 0.1) is 5.82 Å². The van der Waals surface area contributed by atoms with Crippen LogP contribution in [0.15, 0.2) is 18.2 Å². The van der Waals surface area contributed by atoms with Crippen molar-refractivity contribution in [3.8, 4) is 0 Å². The van der Waals surface area contributed by atoms with E-state index in [1.54, 1.807) is 12.1 Å². The second kappa shape index (κ2) is 6.10. The fourth-order valence-corrected chi connectivity index (χ4v) is 1.28. The Morgan fingerprint density at radius 2 is 2.12 bits per heavy atom. The maximum Gasteiger partial charge on any atom is 0.319 e. The Bertz CT molecular complexity index is 366. The molecule has 0 aliphatic heterocycles. The molecular weight excluding hydrogens is 207 g/mol. The first kappa shape index (κ1) is 12.5. The Balaban J connectivity index is 2.63. The monoisotopic (exact) mass is 224 g/mol. The van der Waals surface area contributed by atoms with Gasteiger partial charge in [-0.3, -0.25) is 0 Å². The molecule has 1 aromatic rings. The molecule has 3 nitrogen and oxygen atoms in total. The molecule has 0 radical (unpaired) electrons. The van der Waals surface area contributed by atoms with Crippen LogP contribution in [0.4, 0.5) is 14.9 Å². The summed E-state index contributed by atoms with van der Waals surface area (Å²) >= 11 is 0. The Labute approximate surface area is 95.0 Å². The first-order valence-electron chi connectivity index (χ1n) is 5.50. The summed E-state index contributed by atoms with van der Waals surface area (Å²) in [6.07, 6.45) is 1.63. The Morgan fingerprint density at radius 1 is 1.38 bits per heavy atom. The van der Waals surface area contributed by atoms with Crippen molar-refractivity contribution >= 4 is 11.7 Å². The van der Waals surface area contributed by atoms with Gasteiger partial charge in [0.05, 0.1) is 5.69 Å². The predicted octanol–water partition coefficient (Wildman–Crippen LogP) is 2.92. The van der Waals surface area contributed by atoms with Crippen molar-refractivity contribution in [1.29, 1.82) is 0 Å². The van der Waals surface area contributed by atoms with Gasteiger partial charge >= 0.3 is 6.03 Å². The number of anilines is 1. The Kier molecular flexibility index (Phi) is 4.76. The number of amides is 2. The van der Waals surface area contributed by atoms with E-state index in [2.05, 4.69) is 10.6 Å². The molecule has 0 bridgehead atoms. The molecule has 4 heteroatoms. The first-order valence-corrected chi connectivity index (χ1v) is 5.50. The number of rotatable bonds is 4. The van der Waals surface area contributed by atoms with Crippen molar-refractivity contribution in [1.82, 2.24) is 5.32 Å². The zero-order valence-corrected chi connectivity index (χ0v) is 9.64. The summed E-state index contributed by atoms with van der Waals surface area (Å²) in [4.78, 5) is 11.3. The molecule has 88 valence electrons. The van der Waals surface area contributed by atoms with Crippen LogP contribution in [0.1, 0.15) is 25.8 Å². The average molecular weight is 224 g/mol. The van der Waals surface area contributed by atoms with Crippen LogP contribution in [-0.2, 0) is 6.42 Å². The van der Waals surface area contributed by atoms with Crippen molar-refractivity contribution in [2.24, 2.45) is 0 Å². The fourth-order valence-electron chi connectivity index (χ4n) is 1.28. The van der Waals surface area contributed by atoms with Gasteiger partial charge in [0.1, 0.15) is 5.82 Å². The molecule has 16 heavy (non-hydrogen) atoms. The number of hydrogen-bond donors (Lipinski definition) is 2. The summed E-state index contributed by atoms with van der Waals surface area (Å²) in [6.45, 7) is 4.49. The van der Waals surface area contributed by atoms with Gasteiger partial charge in [0.25, 0.3) is 0 Å². The minimum absolute atomic E-state index is 0.214. The predicted molar refractivity (Wildman–Crippen MR) is 63.1 cm³/mol. The number of carbonyl (C=O) groups excluding carboxylic acids is 1. The first-order chi connectivity index (χ1) is 7.67. The summed E-state index contributed by atoms with van der Waals surface area (Å²) in [7, 11) is 0. The van der Waals surface area contributed by atoms with Gasteiger partial charge in [-0.05, 0) is 30.5 Å². The van der Waals surface area contributed by atoms with Crippen molar-refractivity contribution in [2.45, 2.75) is 26.7 Å². The van der Waals surface area contributed by atoms with Gasteiger partial charge in [-0.1, -0.05) is 19.9 Å². The van der Waals surface area contributed by atoms with Crippen molar-refractivity contribution in [3.05, 3.63) is 29.6 Å². The van der Waals surface area contributed by atoms with Crippen molar-refractivity contribution in [2.75, 3.05) is 11.9 Å². The van der Waals surface area contributed by atoms with Gasteiger partial charge in [0.2, 0.25) is 0 Å². The molecule has 0 saturated carbocycles. The lowest BCUT2D eigenvalue weighted by molar-refractivity contribution is 0.252. The number of benzene rings is 1. The molecule has 0 saturated heterocycles. The SMILES string of the molecule is CCCNC(=O)Nc1ccc(CC)cc1F. The third kappa shape index (κ3) is 3.53. The highest BCUT2D eigenvalue weighted by molar-refractivity contribution is 5.89. The van der Waals surface area contributed by atoms with Crippen LogP contribution in [0.5, 0.6) is 0 Å². The van der Waals surface area contributed by atoms with E-state index in [1.165, 1.54) is 6.07 Å². The summed E-state index contributed by atoms with van der Waals surface area (Å²) in [5, 5.41) is 5.09. The Hall–Kier alpha value is -1.58. The van der Waals surface area contributed by atoms with E-state index < -0.39 is 5.82 Å². The minimum Gasteiger partial charge on any atom is -0.338 e. The van der Waals surface area contributed by atoms with Crippen LogP contribution >= 0.6 is 0 Å². The summed E-state index contributed by atoms with van der Waals surface area (Å²) in [5.74, 6) is -0.397. The van der Waals surface area contributed by atoms with Crippen LogP contribution in [-0.4, -0.2) is 12.6 Å². The third-order valence-electron chi connectivity index (χ3n) is 2.23. The number of halogens is 1. The number of hydrogen-bond acceptors (Lipinski definition) is 1. The highest BCUT2D eigenvalue weighted by atomic mass is 19.1. The molecule has 0 atom stereocenters. The third-order valence-corrected chi connectivity index (χ3v) is 2.23. The molecule has 0 aliphatic rings. The van der Waals surface area contributed by atoms with Crippen molar-refractivity contribution in [3.63, 3.8) is 0 Å². The molecule has 2 N–H and O–H groups in total. The van der Waals surface area contributed by atoms with E-state index in [1.807, 2.05) is 13.8 Å². The lowest BCUT2D eigenvalue weighted by Crippen LogP contribution is -2.29. The van der Waals surface area contributed by atoms with Crippen LogP contribution in [0.3, 0.4) is 0 Å². The number of urea groups is 1. The maximum atomic E-state index is 13.5. The zero-order valence-electron chi connectivity index (χ0n) is 9.64. The van der Waals surface area contributed by atoms with Gasteiger partial charge < -0.3 is 10.6 Å². The van der Waals surface area contributed by atoms with Crippen LogP contribution < -0.4 is 10.6 Å². The molecule has 2 amide bonds. The second-order valence-corrected chi connectivity index (χ2v) is 3.55. The summed E-state index contributed by atoms with van der Waals surface area (Å²) in [6, 6.07) is 4.46. The molecule has 0 spiro atoms. The van der Waals surface area contributed by atoms with Gasteiger partial charge in [-0.2, -0.15) is 0 Å². The number of carbonyl (C=O) groups is 1. The quantitative estimate of drug-likeness (QED) is 0.811. The highest BCUT2D eigenvalue weighted by Gasteiger charge is 2.06.